The van der Waals surface area contributed by atoms with E-state index in [2.05, 4.69) is 80.2 Å². The molecule has 68 heavy (non-hydrogen) atoms. The van der Waals surface area contributed by atoms with Crippen molar-refractivity contribution in [1.29, 1.82) is 0 Å². The fraction of sp³-hybridized carbons (Fsp3) is 0.344. The quantitative estimate of drug-likeness (QED) is 0.00360. The molecule has 0 fully saturated rings. The van der Waals surface area contributed by atoms with Gasteiger partial charge in [0, 0.05) is 54.2 Å². The molecule has 7 N–H and O–H groups in total. The molecule has 0 amide bonds. The number of rotatable bonds is 31. The molecule has 0 atom stereocenters. The second-order valence-corrected chi connectivity index (χ2v) is 16.1. The van der Waals surface area contributed by atoms with Crippen LogP contribution in [0.4, 0.5) is 47.1 Å². The predicted octanol–water partition coefficient (Wildman–Crippen LogP) is -12.8. The Morgan fingerprint density at radius 3 is 1.71 bits per heavy atom. The van der Waals surface area contributed by atoms with Crippen molar-refractivity contribution in [2.24, 2.45) is 4.99 Å². The van der Waals surface area contributed by atoms with Gasteiger partial charge in [0.1, 0.15) is 10.1 Å². The zero-order valence-corrected chi connectivity index (χ0v) is 48.1. The zero-order valence-electron chi connectivity index (χ0n) is 36.8. The third kappa shape index (κ3) is 26.6. The van der Waals surface area contributed by atoms with Gasteiger partial charge in [-0.3, -0.25) is 10.1 Å². The number of nitrogens with zero attached hydrogens (tertiary/aromatic N) is 7. The van der Waals surface area contributed by atoms with Crippen LogP contribution in [-0.2, 0) is 48.5 Å². The van der Waals surface area contributed by atoms with E-state index < -0.39 is 30.9 Å². The summed E-state index contributed by atoms with van der Waals surface area (Å²) in [4.78, 5) is 28.9. The van der Waals surface area contributed by atoms with E-state index in [1.165, 1.54) is 42.6 Å². The van der Waals surface area contributed by atoms with Gasteiger partial charge in [-0.15, -0.1) is 0 Å². The van der Waals surface area contributed by atoms with Crippen LogP contribution < -0.4 is 155 Å². The Balaban J connectivity index is 0.0000112. The molecule has 2 heterocycles. The first-order valence-electron chi connectivity index (χ1n) is 18.0. The number of hydrogen-bond acceptors (Lipinski definition) is 30. The summed E-state index contributed by atoms with van der Waals surface area (Å²) in [6.07, 6.45) is 4.06. The maximum absolute atomic E-state index is 12.5. The average Bonchev–Trinajstić information content (AvgIpc) is 3.24. The standard InChI is InChI=1S/C32H42N12O16S4.4Na/c45-11-15-55-13-7-33-27-39-29(35-9-17-61-59-57-47)43-32(42-27)38-24-6-4-22(26(20-24)64(52,53)54)2-1-21-3-5-23(19-25(21)62-60-58-48)37-31-41-28(34-8-14-56-16-12-46)40-30(44-31)36-10-18-63(49,50)51;;;;/h1-6,9,19-20,45-48H,7-8,10-18H2,(H,49,50,51)(H,52,53,54)(H2,33,38,39,42,43)(H3,34,36,37,40,41,44);;;;/q;4*+1/p-4/b2-1?,35-9+;;;;. The van der Waals surface area contributed by atoms with Gasteiger partial charge in [-0.25, -0.2) is 21.8 Å². The van der Waals surface area contributed by atoms with Gasteiger partial charge in [-0.2, -0.15) is 38.6 Å². The van der Waals surface area contributed by atoms with Crippen LogP contribution in [0.25, 0.3) is 12.2 Å². The number of hydrogen-bond donors (Lipinski definition) is 7. The summed E-state index contributed by atoms with van der Waals surface area (Å²) in [6.45, 7) is 0.335. The maximum Gasteiger partial charge on any atom is 1.00 e. The Morgan fingerprint density at radius 1 is 0.647 bits per heavy atom. The van der Waals surface area contributed by atoms with E-state index in [9.17, 15) is 36.5 Å². The number of anilines is 7. The smallest absolute Gasteiger partial charge is 0.748 e. The molecule has 0 aliphatic rings. The van der Waals surface area contributed by atoms with Crippen molar-refractivity contribution in [1.82, 2.24) is 29.9 Å². The molecule has 0 aliphatic carbocycles. The van der Waals surface area contributed by atoms with Crippen LogP contribution in [0.2, 0.25) is 0 Å². The normalized spacial score (nSPS) is 11.3. The zero-order chi connectivity index (χ0) is 46.2. The number of aliphatic imine (C=N–C) groups is 1. The van der Waals surface area contributed by atoms with Gasteiger partial charge in [-0.1, -0.05) is 24.3 Å². The van der Waals surface area contributed by atoms with Gasteiger partial charge in [0.25, 0.3) is 5.95 Å². The maximum atomic E-state index is 12.5. The Morgan fingerprint density at radius 2 is 1.15 bits per heavy atom. The first kappa shape index (κ1) is 67.0. The van der Waals surface area contributed by atoms with E-state index in [-0.39, 0.29) is 235 Å². The van der Waals surface area contributed by atoms with E-state index in [0.717, 1.165) is 6.07 Å². The molecule has 4 aromatic rings. The summed E-state index contributed by atoms with van der Waals surface area (Å²) >= 11 is 1.13. The largest absolute Gasteiger partial charge is 1.00 e. The summed E-state index contributed by atoms with van der Waals surface area (Å²) in [6, 6.07) is 8.38. The first-order valence-corrected chi connectivity index (χ1v) is 22.7. The van der Waals surface area contributed by atoms with Gasteiger partial charge < -0.3 is 65.9 Å². The van der Waals surface area contributed by atoms with Crippen LogP contribution in [-0.4, -0.2) is 143 Å². The number of ether oxygens (including phenoxy) is 2. The van der Waals surface area contributed by atoms with Crippen molar-refractivity contribution < 1.29 is 193 Å². The summed E-state index contributed by atoms with van der Waals surface area (Å²) in [7, 11) is -9.65. The molecule has 0 radical (unpaired) electrons. The Kier molecular flexibility index (Phi) is 36.3. The van der Waals surface area contributed by atoms with Crippen molar-refractivity contribution in [2.45, 2.75) is 9.79 Å². The van der Waals surface area contributed by atoms with Crippen molar-refractivity contribution in [3.05, 3.63) is 47.5 Å². The van der Waals surface area contributed by atoms with E-state index in [1.807, 2.05) is 0 Å². The second-order valence-electron chi connectivity index (χ2n) is 11.8. The van der Waals surface area contributed by atoms with Crippen LogP contribution in [0.15, 0.2) is 51.2 Å². The third-order valence-corrected chi connectivity index (χ3v) is 9.94. The molecule has 0 saturated carbocycles. The number of nitrogens with one attached hydrogen (secondary N) is 5. The molecule has 0 unspecified atom stereocenters. The van der Waals surface area contributed by atoms with Gasteiger partial charge in [0.05, 0.1) is 78.2 Å². The van der Waals surface area contributed by atoms with Crippen molar-refractivity contribution in [3.8, 4) is 0 Å². The van der Waals surface area contributed by atoms with E-state index >= 15 is 0 Å². The van der Waals surface area contributed by atoms with Crippen LogP contribution in [0.1, 0.15) is 11.1 Å². The van der Waals surface area contributed by atoms with Crippen LogP contribution in [0.5, 0.6) is 0 Å². The number of aromatic nitrogens is 6. The number of aliphatic hydroxyl groups is 2. The Bertz CT molecular complexity index is 2400. The fourth-order valence-electron chi connectivity index (χ4n) is 4.71. The fourth-order valence-corrected chi connectivity index (χ4v) is 6.50. The SMILES string of the molecule is O=S(=O)([O-])CCNc1nc(NCCOCCO)nc(Nc2ccc(C=Cc3ccc(Nc4nc(/N=C/CSOO[O-])nc(NCCOCCO)n4)cc3S(=O)(=O)[O-])c(SOO[O-])c2)n1.[Na+].[Na+].[Na+].[Na+]. The Labute approximate surface area is 486 Å². The topological polar surface area (TPSA) is 406 Å². The van der Waals surface area contributed by atoms with Gasteiger partial charge in [0.2, 0.25) is 29.7 Å². The van der Waals surface area contributed by atoms with Crippen LogP contribution in [0, 0.1) is 0 Å². The molecular weight excluding hydrogens is 1030 g/mol. The second kappa shape index (κ2) is 36.8. The molecule has 0 bridgehead atoms. The summed E-state index contributed by atoms with van der Waals surface area (Å²) in [5.41, 5.74) is 0.696. The minimum Gasteiger partial charge on any atom is -0.748 e. The van der Waals surface area contributed by atoms with Gasteiger partial charge in [-0.05, 0) is 35.4 Å². The summed E-state index contributed by atoms with van der Waals surface area (Å²) in [5, 5.41) is 59.6. The predicted molar refractivity (Wildman–Crippen MR) is 223 cm³/mol. The van der Waals surface area contributed by atoms with Crippen LogP contribution >= 0.6 is 24.1 Å². The third-order valence-electron chi connectivity index (χ3n) is 7.25. The summed E-state index contributed by atoms with van der Waals surface area (Å²) in [5.74, 6) is -1.01. The monoisotopic (exact) mass is 1070 g/mol. The van der Waals surface area contributed by atoms with Gasteiger partial charge in [0.15, 0.2) is 0 Å². The molecule has 0 spiro atoms. The summed E-state index contributed by atoms with van der Waals surface area (Å²) < 4.78 is 90.0. The molecule has 28 nitrogen and oxygen atoms in total. The first-order chi connectivity index (χ1) is 30.8. The molecule has 36 heteroatoms. The molecule has 2 aromatic carbocycles. The molecule has 0 aliphatic heterocycles. The minimum atomic E-state index is -5.11. The Hall–Kier alpha value is -1.01. The van der Waals surface area contributed by atoms with Crippen molar-refractivity contribution >= 4 is 110 Å². The van der Waals surface area contributed by atoms with Gasteiger partial charge >= 0.3 is 118 Å². The van der Waals surface area contributed by atoms with E-state index in [0.29, 0.717) is 35.3 Å². The molecular formula is C32H38N12Na4O16S4. The van der Waals surface area contributed by atoms with E-state index in [4.69, 9.17) is 19.7 Å². The average molecular weight is 1070 g/mol. The molecule has 350 valence electrons. The van der Waals surface area contributed by atoms with Crippen molar-refractivity contribution in [3.63, 3.8) is 0 Å². The van der Waals surface area contributed by atoms with Crippen LogP contribution in [0.3, 0.4) is 0 Å². The molecule has 2 aromatic heterocycles. The molecule has 0 saturated heterocycles. The van der Waals surface area contributed by atoms with E-state index in [1.54, 1.807) is 6.07 Å². The molecule has 4 rings (SSSR count). The minimum absolute atomic E-state index is 0. The van der Waals surface area contributed by atoms with Crippen molar-refractivity contribution in [2.75, 3.05) is 97.4 Å². The number of benzene rings is 2. The number of aliphatic hydroxyl groups excluding tert-OH is 2.